The third kappa shape index (κ3) is 4.57. The molecule has 118 valence electrons. The molecule has 0 saturated carbocycles. The Kier molecular flexibility index (Phi) is 5.31. The molecule has 0 aliphatic rings. The fourth-order valence-corrected chi connectivity index (χ4v) is 3.10. The molecule has 2 nitrogen and oxygen atoms in total. The quantitative estimate of drug-likeness (QED) is 0.523. The summed E-state index contributed by atoms with van der Waals surface area (Å²) in [5.41, 5.74) is 2.18. The second-order valence-corrected chi connectivity index (χ2v) is 7.15. The van der Waals surface area contributed by atoms with Crippen molar-refractivity contribution >= 4 is 45.3 Å². The van der Waals surface area contributed by atoms with Gasteiger partial charge in [0, 0.05) is 5.38 Å². The van der Waals surface area contributed by atoms with E-state index in [9.17, 15) is 0 Å². The zero-order valence-corrected chi connectivity index (χ0v) is 14.5. The topological polar surface area (TPSA) is 22.1 Å². The maximum absolute atomic E-state index is 5.90. The van der Waals surface area contributed by atoms with E-state index in [1.54, 1.807) is 11.3 Å². The van der Waals surface area contributed by atoms with Gasteiger partial charge in [0.05, 0.1) is 16.8 Å². The van der Waals surface area contributed by atoms with Gasteiger partial charge in [-0.1, -0.05) is 30.3 Å². The first kappa shape index (κ1) is 16.0. The molecule has 1 aromatic heterocycles. The maximum Gasteiger partial charge on any atom is 0.119 e. The molecular formula is C19H18ClNOS. The van der Waals surface area contributed by atoms with Crippen molar-refractivity contribution in [3.05, 3.63) is 59.1 Å². The van der Waals surface area contributed by atoms with Crippen LogP contribution >= 0.6 is 22.9 Å². The molecule has 0 radical (unpaired) electrons. The van der Waals surface area contributed by atoms with Crippen LogP contribution in [0.15, 0.2) is 48.5 Å². The second kappa shape index (κ2) is 7.62. The molecule has 3 aromatic rings. The lowest BCUT2D eigenvalue weighted by Gasteiger charge is -2.07. The van der Waals surface area contributed by atoms with E-state index < -0.39 is 0 Å². The predicted octanol–water partition coefficient (Wildman–Crippen LogP) is 5.86. The lowest BCUT2D eigenvalue weighted by Crippen LogP contribution is -2.02. The molecule has 0 N–H and O–H groups in total. The molecule has 1 atom stereocenters. The van der Waals surface area contributed by atoms with Gasteiger partial charge in [-0.25, -0.2) is 4.98 Å². The first-order valence-corrected chi connectivity index (χ1v) is 8.86. The standard InChI is InChI=1S/C19H18ClNOS/c1-14(20)12-13-22-16-9-6-15(7-10-16)8-11-19-21-17-4-2-3-5-18(17)23-19/h2-11,14H,12-13H2,1H3/b11-8+. The predicted molar refractivity (Wildman–Crippen MR) is 100 cm³/mol. The summed E-state index contributed by atoms with van der Waals surface area (Å²) in [4.78, 5) is 4.60. The third-order valence-electron chi connectivity index (χ3n) is 3.39. The Morgan fingerprint density at radius 1 is 1.13 bits per heavy atom. The van der Waals surface area contributed by atoms with Crippen LogP contribution in [0.2, 0.25) is 0 Å². The SMILES string of the molecule is CC(Cl)CCOc1ccc(/C=C/c2nc3ccccc3s2)cc1. The van der Waals surface area contributed by atoms with Crippen LogP contribution in [0.4, 0.5) is 0 Å². The van der Waals surface area contributed by atoms with E-state index in [-0.39, 0.29) is 5.38 Å². The molecule has 2 aromatic carbocycles. The number of ether oxygens (including phenoxy) is 1. The molecule has 3 rings (SSSR count). The molecule has 0 aliphatic carbocycles. The molecule has 0 aliphatic heterocycles. The van der Waals surface area contributed by atoms with E-state index in [0.29, 0.717) is 6.61 Å². The molecule has 23 heavy (non-hydrogen) atoms. The van der Waals surface area contributed by atoms with Crippen LogP contribution in [0.25, 0.3) is 22.4 Å². The summed E-state index contributed by atoms with van der Waals surface area (Å²) >= 11 is 7.60. The zero-order valence-electron chi connectivity index (χ0n) is 12.9. The average Bonchev–Trinajstić information content (AvgIpc) is 2.97. The summed E-state index contributed by atoms with van der Waals surface area (Å²) < 4.78 is 6.87. The molecule has 0 bridgehead atoms. The highest BCUT2D eigenvalue weighted by molar-refractivity contribution is 7.19. The van der Waals surface area contributed by atoms with E-state index in [1.807, 2.05) is 49.4 Å². The third-order valence-corrected chi connectivity index (χ3v) is 4.61. The molecule has 4 heteroatoms. The molecule has 1 unspecified atom stereocenters. The van der Waals surface area contributed by atoms with Gasteiger partial charge in [0.1, 0.15) is 10.8 Å². The van der Waals surface area contributed by atoms with Crippen LogP contribution in [0, 0.1) is 0 Å². The summed E-state index contributed by atoms with van der Waals surface area (Å²) in [6, 6.07) is 16.2. The monoisotopic (exact) mass is 343 g/mol. The van der Waals surface area contributed by atoms with Crippen LogP contribution in [0.5, 0.6) is 5.75 Å². The van der Waals surface area contributed by atoms with E-state index >= 15 is 0 Å². The minimum atomic E-state index is 0.144. The summed E-state index contributed by atoms with van der Waals surface area (Å²) in [5.74, 6) is 0.874. The van der Waals surface area contributed by atoms with E-state index in [0.717, 1.165) is 28.3 Å². The normalized spacial score (nSPS) is 12.8. The molecule has 0 fully saturated rings. The minimum absolute atomic E-state index is 0.144. The number of hydrogen-bond donors (Lipinski definition) is 0. The Balaban J connectivity index is 1.63. The Hall–Kier alpha value is -1.84. The van der Waals surface area contributed by atoms with Gasteiger partial charge in [-0.2, -0.15) is 0 Å². The van der Waals surface area contributed by atoms with Gasteiger partial charge in [0.15, 0.2) is 0 Å². The lowest BCUT2D eigenvalue weighted by atomic mass is 10.2. The molecular weight excluding hydrogens is 326 g/mol. The summed E-state index contributed by atoms with van der Waals surface area (Å²) in [6.07, 6.45) is 4.97. The van der Waals surface area contributed by atoms with Crippen LogP contribution in [-0.4, -0.2) is 17.0 Å². The largest absolute Gasteiger partial charge is 0.494 e. The number of alkyl halides is 1. The van der Waals surface area contributed by atoms with Crippen molar-refractivity contribution in [2.24, 2.45) is 0 Å². The van der Waals surface area contributed by atoms with Gasteiger partial charge in [-0.05, 0) is 49.2 Å². The van der Waals surface area contributed by atoms with Crippen molar-refractivity contribution in [1.29, 1.82) is 0 Å². The Labute approximate surface area is 145 Å². The molecule has 0 spiro atoms. The fourth-order valence-electron chi connectivity index (χ4n) is 2.14. The zero-order chi connectivity index (χ0) is 16.1. The van der Waals surface area contributed by atoms with Crippen LogP contribution in [0.1, 0.15) is 23.9 Å². The summed E-state index contributed by atoms with van der Waals surface area (Å²) in [6.45, 7) is 2.62. The average molecular weight is 344 g/mol. The van der Waals surface area contributed by atoms with Crippen molar-refractivity contribution in [1.82, 2.24) is 4.98 Å². The van der Waals surface area contributed by atoms with E-state index in [2.05, 4.69) is 23.2 Å². The van der Waals surface area contributed by atoms with Crippen molar-refractivity contribution in [3.63, 3.8) is 0 Å². The number of hydrogen-bond acceptors (Lipinski definition) is 3. The summed E-state index contributed by atoms with van der Waals surface area (Å²) in [5, 5.41) is 1.16. The fraction of sp³-hybridized carbons (Fsp3) is 0.211. The van der Waals surface area contributed by atoms with Gasteiger partial charge in [0.2, 0.25) is 0 Å². The number of halogens is 1. The number of fused-ring (bicyclic) bond motifs is 1. The van der Waals surface area contributed by atoms with Crippen molar-refractivity contribution in [2.75, 3.05) is 6.61 Å². The number of aromatic nitrogens is 1. The van der Waals surface area contributed by atoms with Gasteiger partial charge >= 0.3 is 0 Å². The summed E-state index contributed by atoms with van der Waals surface area (Å²) in [7, 11) is 0. The first-order chi connectivity index (χ1) is 11.2. The van der Waals surface area contributed by atoms with Crippen molar-refractivity contribution in [2.45, 2.75) is 18.7 Å². The Morgan fingerprint density at radius 2 is 1.91 bits per heavy atom. The second-order valence-electron chi connectivity index (χ2n) is 5.34. The van der Waals surface area contributed by atoms with Gasteiger partial charge in [-0.3, -0.25) is 0 Å². The van der Waals surface area contributed by atoms with Gasteiger partial charge in [0.25, 0.3) is 0 Å². The molecule has 0 amide bonds. The maximum atomic E-state index is 5.90. The highest BCUT2D eigenvalue weighted by Gasteiger charge is 2.00. The first-order valence-electron chi connectivity index (χ1n) is 7.61. The minimum Gasteiger partial charge on any atom is -0.494 e. The Morgan fingerprint density at radius 3 is 2.65 bits per heavy atom. The van der Waals surface area contributed by atoms with E-state index in [4.69, 9.17) is 16.3 Å². The van der Waals surface area contributed by atoms with Gasteiger partial charge < -0.3 is 4.74 Å². The highest BCUT2D eigenvalue weighted by Crippen LogP contribution is 2.23. The van der Waals surface area contributed by atoms with Crippen LogP contribution in [0.3, 0.4) is 0 Å². The van der Waals surface area contributed by atoms with E-state index in [1.165, 1.54) is 4.70 Å². The number of thiazole rings is 1. The van der Waals surface area contributed by atoms with Crippen molar-refractivity contribution < 1.29 is 4.74 Å². The highest BCUT2D eigenvalue weighted by atomic mass is 35.5. The lowest BCUT2D eigenvalue weighted by molar-refractivity contribution is 0.310. The Bertz CT molecular complexity index is 759. The van der Waals surface area contributed by atoms with Crippen LogP contribution in [-0.2, 0) is 0 Å². The van der Waals surface area contributed by atoms with Crippen LogP contribution < -0.4 is 4.74 Å². The van der Waals surface area contributed by atoms with Gasteiger partial charge in [-0.15, -0.1) is 22.9 Å². The smallest absolute Gasteiger partial charge is 0.119 e. The number of benzene rings is 2. The van der Waals surface area contributed by atoms with Crippen molar-refractivity contribution in [3.8, 4) is 5.75 Å². The number of nitrogens with zero attached hydrogens (tertiary/aromatic N) is 1. The number of para-hydroxylation sites is 1. The molecule has 1 heterocycles. The number of rotatable bonds is 6. The molecule has 0 saturated heterocycles.